The van der Waals surface area contributed by atoms with Crippen LogP contribution in [0.4, 0.5) is 23.9 Å². The van der Waals surface area contributed by atoms with Gasteiger partial charge < -0.3 is 19.7 Å². The molecule has 0 aliphatic carbocycles. The summed E-state index contributed by atoms with van der Waals surface area (Å²) in [6.07, 6.45) is -2.13. The number of anilines is 1. The second-order valence-corrected chi connectivity index (χ2v) is 9.32. The molecule has 2 atom stereocenters. The molecule has 1 amide bonds. The number of carbonyl (C=O) groups excluding carboxylic acids is 1. The molecule has 2 heterocycles. The van der Waals surface area contributed by atoms with E-state index in [0.29, 0.717) is 18.1 Å². The Hall–Kier alpha value is -2.40. The zero-order chi connectivity index (χ0) is 23.5. The number of halogens is 4. The second-order valence-electron chi connectivity index (χ2n) is 8.41. The summed E-state index contributed by atoms with van der Waals surface area (Å²) >= 11 is 3.28. The van der Waals surface area contributed by atoms with Crippen LogP contribution in [0, 0.1) is 0 Å². The van der Waals surface area contributed by atoms with Gasteiger partial charge in [-0.2, -0.15) is 13.2 Å². The molecular formula is C21H24BrF3N4O3. The Morgan fingerprint density at radius 2 is 1.78 bits per heavy atom. The van der Waals surface area contributed by atoms with Gasteiger partial charge in [0.25, 0.3) is 0 Å². The Morgan fingerprint density at radius 3 is 2.34 bits per heavy atom. The Labute approximate surface area is 192 Å². The number of alkyl halides is 3. The van der Waals surface area contributed by atoms with Crippen LogP contribution in [0.15, 0.2) is 41.1 Å². The molecule has 1 aliphatic heterocycles. The molecule has 0 spiro atoms. The zero-order valence-corrected chi connectivity index (χ0v) is 19.4. The number of benzene rings is 1. The van der Waals surface area contributed by atoms with Crippen molar-refractivity contribution in [2.45, 2.75) is 51.3 Å². The van der Waals surface area contributed by atoms with E-state index in [2.05, 4.69) is 31.2 Å². The number of ether oxygens (including phenoxy) is 2. The minimum Gasteiger partial charge on any atom is -0.444 e. The van der Waals surface area contributed by atoms with Gasteiger partial charge in [-0.3, -0.25) is 0 Å². The smallest absolute Gasteiger partial charge is 0.416 e. The number of nitrogens with one attached hydrogen (secondary N) is 1. The van der Waals surface area contributed by atoms with Crippen molar-refractivity contribution in [3.8, 4) is 0 Å². The molecule has 7 nitrogen and oxygen atoms in total. The number of amides is 1. The number of carbonyl (C=O) groups is 1. The van der Waals surface area contributed by atoms with Crippen LogP contribution in [0.25, 0.3) is 0 Å². The molecule has 32 heavy (non-hydrogen) atoms. The fraction of sp³-hybridized carbons (Fsp3) is 0.476. The van der Waals surface area contributed by atoms with Gasteiger partial charge in [-0.25, -0.2) is 14.8 Å². The van der Waals surface area contributed by atoms with E-state index in [4.69, 9.17) is 9.47 Å². The predicted octanol–water partition coefficient (Wildman–Crippen LogP) is 4.87. The molecule has 0 saturated carbocycles. The Morgan fingerprint density at radius 1 is 1.16 bits per heavy atom. The molecule has 2 aromatic rings. The highest BCUT2D eigenvalue weighted by atomic mass is 79.9. The highest BCUT2D eigenvalue weighted by Gasteiger charge is 2.38. The Balaban J connectivity index is 1.69. The summed E-state index contributed by atoms with van der Waals surface area (Å²) in [6, 6.07) is 4.46. The molecule has 174 valence electrons. The fourth-order valence-electron chi connectivity index (χ4n) is 3.10. The topological polar surface area (TPSA) is 76.6 Å². The van der Waals surface area contributed by atoms with Crippen molar-refractivity contribution < 1.29 is 27.4 Å². The number of aromatic nitrogens is 2. The van der Waals surface area contributed by atoms with Crippen molar-refractivity contribution >= 4 is 28.0 Å². The number of likely N-dealkylation sites (tertiary alicyclic amines) is 1. The largest absolute Gasteiger partial charge is 0.444 e. The van der Waals surface area contributed by atoms with E-state index >= 15 is 0 Å². The minimum atomic E-state index is -4.39. The molecule has 1 aliphatic rings. The minimum absolute atomic E-state index is 0.0876. The number of nitrogens with zero attached hydrogens (tertiary/aromatic N) is 3. The third kappa shape index (κ3) is 6.80. The van der Waals surface area contributed by atoms with E-state index in [9.17, 15) is 18.0 Å². The summed E-state index contributed by atoms with van der Waals surface area (Å²) in [5.41, 5.74) is -0.772. The molecule has 0 radical (unpaired) electrons. The molecule has 1 fully saturated rings. The average molecular weight is 517 g/mol. The van der Waals surface area contributed by atoms with Gasteiger partial charge in [-0.1, -0.05) is 12.1 Å². The number of hydrogen-bond donors (Lipinski definition) is 1. The van der Waals surface area contributed by atoms with E-state index in [1.165, 1.54) is 17.0 Å². The number of rotatable bonds is 5. The quantitative estimate of drug-likeness (QED) is 0.610. The van der Waals surface area contributed by atoms with Gasteiger partial charge in [0, 0.05) is 18.9 Å². The first-order chi connectivity index (χ1) is 14.9. The van der Waals surface area contributed by atoms with E-state index in [1.54, 1.807) is 33.2 Å². The van der Waals surface area contributed by atoms with Crippen LogP contribution in [0.1, 0.15) is 31.9 Å². The first kappa shape index (κ1) is 24.2. The van der Waals surface area contributed by atoms with Gasteiger partial charge in [-0.15, -0.1) is 0 Å². The molecule has 1 aromatic heterocycles. The van der Waals surface area contributed by atoms with Crippen LogP contribution >= 0.6 is 15.9 Å². The van der Waals surface area contributed by atoms with Gasteiger partial charge in [-0.05, 0) is 54.4 Å². The van der Waals surface area contributed by atoms with Crippen molar-refractivity contribution in [3.05, 3.63) is 52.3 Å². The molecule has 0 bridgehead atoms. The first-order valence-corrected chi connectivity index (χ1v) is 10.7. The van der Waals surface area contributed by atoms with E-state index in [1.807, 2.05) is 0 Å². The van der Waals surface area contributed by atoms with Crippen molar-refractivity contribution in [1.29, 1.82) is 0 Å². The molecule has 0 unspecified atom stereocenters. The van der Waals surface area contributed by atoms with Crippen molar-refractivity contribution in [2.24, 2.45) is 0 Å². The van der Waals surface area contributed by atoms with E-state index in [0.717, 1.165) is 16.6 Å². The fourth-order valence-corrected chi connectivity index (χ4v) is 3.31. The highest BCUT2D eigenvalue weighted by Crippen LogP contribution is 2.29. The summed E-state index contributed by atoms with van der Waals surface area (Å²) in [6.45, 7) is 5.99. The highest BCUT2D eigenvalue weighted by molar-refractivity contribution is 9.10. The maximum atomic E-state index is 12.8. The summed E-state index contributed by atoms with van der Waals surface area (Å²) in [5, 5.41) is 3.16. The molecule has 1 aromatic carbocycles. The van der Waals surface area contributed by atoms with Gasteiger partial charge in [0.1, 0.15) is 5.60 Å². The van der Waals surface area contributed by atoms with Crippen LogP contribution < -0.4 is 5.32 Å². The third-order valence-electron chi connectivity index (χ3n) is 4.60. The lowest BCUT2D eigenvalue weighted by molar-refractivity contribution is -0.137. The van der Waals surface area contributed by atoms with Crippen LogP contribution in [-0.2, 0) is 22.3 Å². The third-order valence-corrected chi connectivity index (χ3v) is 5.01. The predicted molar refractivity (Wildman–Crippen MR) is 115 cm³/mol. The molecule has 3 rings (SSSR count). The summed E-state index contributed by atoms with van der Waals surface area (Å²) < 4.78 is 50.4. The van der Waals surface area contributed by atoms with E-state index in [-0.39, 0.29) is 19.2 Å². The normalized spacial score (nSPS) is 19.2. The maximum absolute atomic E-state index is 12.8. The van der Waals surface area contributed by atoms with Gasteiger partial charge in [0.2, 0.25) is 5.95 Å². The molecule has 1 saturated heterocycles. The van der Waals surface area contributed by atoms with Gasteiger partial charge >= 0.3 is 12.3 Å². The zero-order valence-electron chi connectivity index (χ0n) is 17.8. The SMILES string of the molecule is CC(C)(C)OC(=O)N1C[C@@H](Nc2ncc(Br)cn2)[C@H](OCc2ccc(C(F)(F)F)cc2)C1. The monoisotopic (exact) mass is 516 g/mol. The number of hydrogen-bond acceptors (Lipinski definition) is 6. The Kier molecular flexibility index (Phi) is 7.29. The van der Waals surface area contributed by atoms with Crippen LogP contribution in [0.5, 0.6) is 0 Å². The first-order valence-electron chi connectivity index (χ1n) is 9.90. The van der Waals surface area contributed by atoms with Gasteiger partial charge in [0.05, 0.1) is 35.3 Å². The lowest BCUT2D eigenvalue weighted by Gasteiger charge is -2.24. The molecular weight excluding hydrogens is 493 g/mol. The summed E-state index contributed by atoms with van der Waals surface area (Å²) in [4.78, 5) is 22.4. The maximum Gasteiger partial charge on any atom is 0.416 e. The second kappa shape index (κ2) is 9.62. The van der Waals surface area contributed by atoms with Crippen molar-refractivity contribution in [1.82, 2.24) is 14.9 Å². The summed E-state index contributed by atoms with van der Waals surface area (Å²) in [5.74, 6) is 0.368. The van der Waals surface area contributed by atoms with Crippen LogP contribution in [-0.4, -0.2) is 51.8 Å². The lowest BCUT2D eigenvalue weighted by atomic mass is 10.1. The van der Waals surface area contributed by atoms with Crippen LogP contribution in [0.3, 0.4) is 0 Å². The van der Waals surface area contributed by atoms with Crippen LogP contribution in [0.2, 0.25) is 0 Å². The Bertz CT molecular complexity index is 918. The standard InChI is InChI=1S/C21H24BrF3N4O3/c1-20(2,3)32-19(30)29-10-16(28-18-26-8-15(22)9-27-18)17(11-29)31-12-13-4-6-14(7-5-13)21(23,24)25/h4-9,16-17H,10-12H2,1-3H3,(H,26,27,28)/t16-,17-/m1/s1. The molecule has 1 N–H and O–H groups in total. The molecule has 11 heteroatoms. The van der Waals surface area contributed by atoms with Crippen molar-refractivity contribution in [3.63, 3.8) is 0 Å². The van der Waals surface area contributed by atoms with Crippen molar-refractivity contribution in [2.75, 3.05) is 18.4 Å². The average Bonchev–Trinajstić information content (AvgIpc) is 3.09. The van der Waals surface area contributed by atoms with E-state index < -0.39 is 29.5 Å². The van der Waals surface area contributed by atoms with Gasteiger partial charge in [0.15, 0.2) is 0 Å². The summed E-state index contributed by atoms with van der Waals surface area (Å²) in [7, 11) is 0. The lowest BCUT2D eigenvalue weighted by Crippen LogP contribution is -2.36.